The Hall–Kier alpha value is -2.42. The fourth-order valence-electron chi connectivity index (χ4n) is 6.27. The summed E-state index contributed by atoms with van der Waals surface area (Å²) in [5, 5.41) is 4.96. The molecule has 0 aromatic rings. The van der Waals surface area contributed by atoms with Crippen molar-refractivity contribution in [1.29, 1.82) is 0 Å². The summed E-state index contributed by atoms with van der Waals surface area (Å²) in [4.78, 5) is 52.6. The van der Waals surface area contributed by atoms with Crippen LogP contribution in [0.4, 0.5) is 26.3 Å². The third-order valence-electron chi connectivity index (χ3n) is 8.66. The van der Waals surface area contributed by atoms with Crippen LogP contribution in [0.5, 0.6) is 0 Å². The molecule has 1 spiro atoms. The highest BCUT2D eigenvalue weighted by atomic mass is 19.4. The number of hydrogen-bond acceptors (Lipinski definition) is 6. The smallest absolute Gasteiger partial charge is 0.364 e. The molecule has 1 unspecified atom stereocenters. The number of carbonyl (C=O) groups is 4. The molecule has 9 nitrogen and oxygen atoms in total. The van der Waals surface area contributed by atoms with E-state index in [4.69, 9.17) is 4.74 Å². The molecule has 4 saturated heterocycles. The summed E-state index contributed by atoms with van der Waals surface area (Å²) in [5.41, 5.74) is -4.14. The predicted molar refractivity (Wildman–Crippen MR) is 113 cm³/mol. The van der Waals surface area contributed by atoms with Crippen LogP contribution in [-0.2, 0) is 28.7 Å². The molecular weight excluding hydrogens is 528 g/mol. The Labute approximate surface area is 212 Å². The Balaban J connectivity index is 1.30. The van der Waals surface area contributed by atoms with Crippen molar-refractivity contribution >= 4 is 23.5 Å². The Morgan fingerprint density at radius 3 is 2.37 bits per heavy atom. The van der Waals surface area contributed by atoms with Gasteiger partial charge in [0.15, 0.2) is 5.78 Å². The molecule has 4 aliphatic heterocycles. The largest absolute Gasteiger partial charge is 0.522 e. The average Bonchev–Trinajstić information content (AvgIpc) is 3.18. The van der Waals surface area contributed by atoms with E-state index in [1.807, 2.05) is 0 Å². The van der Waals surface area contributed by atoms with Crippen LogP contribution in [0.15, 0.2) is 0 Å². The molecule has 6 aliphatic rings. The van der Waals surface area contributed by atoms with Crippen molar-refractivity contribution in [2.45, 2.75) is 75.2 Å². The maximum Gasteiger partial charge on any atom is 0.522 e. The van der Waals surface area contributed by atoms with Crippen molar-refractivity contribution in [2.75, 3.05) is 26.3 Å². The van der Waals surface area contributed by atoms with E-state index in [9.17, 15) is 45.5 Å². The van der Waals surface area contributed by atoms with E-state index in [2.05, 4.69) is 15.4 Å². The fourth-order valence-corrected chi connectivity index (χ4v) is 6.27. The lowest BCUT2D eigenvalue weighted by molar-refractivity contribution is -0.321. The second-order valence-electron chi connectivity index (χ2n) is 11.3. The maximum absolute atomic E-state index is 13.5. The summed E-state index contributed by atoms with van der Waals surface area (Å²) < 4.78 is 87.0. The molecule has 2 bridgehead atoms. The van der Waals surface area contributed by atoms with Gasteiger partial charge >= 0.3 is 12.5 Å². The Kier molecular flexibility index (Phi) is 6.29. The van der Waals surface area contributed by atoms with Crippen LogP contribution < -0.4 is 10.6 Å². The summed E-state index contributed by atoms with van der Waals surface area (Å²) in [7, 11) is 0. The Morgan fingerprint density at radius 2 is 1.84 bits per heavy atom. The quantitative estimate of drug-likeness (QED) is 0.440. The van der Waals surface area contributed by atoms with Gasteiger partial charge in [0.05, 0.1) is 18.1 Å². The van der Waals surface area contributed by atoms with Gasteiger partial charge in [0.25, 0.3) is 5.91 Å². The number of carbonyl (C=O) groups excluding carboxylic acids is 4. The molecule has 38 heavy (non-hydrogen) atoms. The summed E-state index contributed by atoms with van der Waals surface area (Å²) in [6.45, 7) is -1.57. The van der Waals surface area contributed by atoms with Crippen molar-refractivity contribution in [3.63, 3.8) is 0 Å². The Morgan fingerprint density at radius 1 is 1.16 bits per heavy atom. The number of Topliss-reactive ketones (excluding diaryl/α,β-unsaturated/α-hetero) is 1. The number of ether oxygens (including phenoxy) is 2. The minimum atomic E-state index is -5.09. The van der Waals surface area contributed by atoms with Crippen molar-refractivity contribution in [2.24, 2.45) is 16.7 Å². The first-order chi connectivity index (χ1) is 17.6. The number of hydrogen-bond donors (Lipinski definition) is 2. The molecule has 0 radical (unpaired) electrons. The highest BCUT2D eigenvalue weighted by Gasteiger charge is 2.77. The lowest BCUT2D eigenvalue weighted by atomic mass is 9.61. The van der Waals surface area contributed by atoms with Crippen molar-refractivity contribution in [3.05, 3.63) is 0 Å². The summed E-state index contributed by atoms with van der Waals surface area (Å²) in [5.74, 6) is -3.76. The van der Waals surface area contributed by atoms with Gasteiger partial charge in [0.2, 0.25) is 11.8 Å². The van der Waals surface area contributed by atoms with Gasteiger partial charge in [-0.05, 0) is 37.5 Å². The minimum Gasteiger partial charge on any atom is -0.364 e. The lowest BCUT2D eigenvalue weighted by Crippen LogP contribution is -2.62. The summed E-state index contributed by atoms with van der Waals surface area (Å²) in [6, 6.07) is -2.63. The number of halogens is 6. The second kappa shape index (κ2) is 8.80. The minimum absolute atomic E-state index is 0.134. The van der Waals surface area contributed by atoms with Crippen LogP contribution in [0.3, 0.4) is 0 Å². The topological polar surface area (TPSA) is 114 Å². The SMILES string of the molecule is O=C(COC(F)(F)F)C(C[C@@H]1CCNC1=O)NC(=O)[C@@H]1CC2(CC2)CN1C(=O)C12CC(C(F)(F)F)(CO1)C2. The van der Waals surface area contributed by atoms with Gasteiger partial charge in [-0.1, -0.05) is 0 Å². The summed E-state index contributed by atoms with van der Waals surface area (Å²) >= 11 is 0. The number of amides is 3. The molecule has 3 amide bonds. The molecule has 3 atom stereocenters. The van der Waals surface area contributed by atoms with Gasteiger partial charge in [0.1, 0.15) is 18.2 Å². The monoisotopic (exact) mass is 555 g/mol. The first-order valence-corrected chi connectivity index (χ1v) is 12.4. The van der Waals surface area contributed by atoms with Crippen LogP contribution in [0.25, 0.3) is 0 Å². The van der Waals surface area contributed by atoms with Crippen LogP contribution in [0.1, 0.15) is 44.9 Å². The van der Waals surface area contributed by atoms with Crippen molar-refractivity contribution in [1.82, 2.24) is 15.5 Å². The molecule has 0 aromatic heterocycles. The van der Waals surface area contributed by atoms with Crippen LogP contribution >= 0.6 is 0 Å². The molecular formula is C23H27F6N3O6. The normalized spacial score (nSPS) is 34.2. The highest BCUT2D eigenvalue weighted by Crippen LogP contribution is 2.66. The summed E-state index contributed by atoms with van der Waals surface area (Å²) in [6.07, 6.45) is -9.03. The number of alkyl halides is 6. The van der Waals surface area contributed by atoms with E-state index in [0.717, 1.165) is 0 Å². The molecule has 15 heteroatoms. The highest BCUT2D eigenvalue weighted by molar-refractivity contribution is 5.96. The first-order valence-electron chi connectivity index (χ1n) is 12.4. The standard InChI is InChI=1S/C23H27F6N3O6/c24-22(25,26)20-8-21(9-20,38-11-20)18(36)32-10-19(2-3-19)6-14(32)17(35)31-13(5-12-1-4-30-16(12)34)15(33)7-37-23(27,28)29/h12-14H,1-11H2,(H,30,34)(H,31,35)/t12-,13?,14-,20?,21?/m0/s1. The van der Waals surface area contributed by atoms with E-state index < -0.39 is 91.1 Å². The third-order valence-corrected chi connectivity index (χ3v) is 8.66. The molecule has 212 valence electrons. The molecule has 4 heterocycles. The van der Waals surface area contributed by atoms with E-state index >= 15 is 0 Å². The molecule has 0 aromatic carbocycles. The first kappa shape index (κ1) is 27.2. The lowest BCUT2D eigenvalue weighted by Gasteiger charge is -2.46. The van der Waals surface area contributed by atoms with Gasteiger partial charge < -0.3 is 20.3 Å². The zero-order valence-corrected chi connectivity index (χ0v) is 20.2. The number of likely N-dealkylation sites (tertiary alicyclic amines) is 1. The van der Waals surface area contributed by atoms with E-state index in [0.29, 0.717) is 25.8 Å². The van der Waals surface area contributed by atoms with Crippen molar-refractivity contribution in [3.8, 4) is 0 Å². The number of fused-ring (bicyclic) bond motifs is 1. The van der Waals surface area contributed by atoms with Gasteiger partial charge in [-0.3, -0.25) is 23.9 Å². The second-order valence-corrected chi connectivity index (χ2v) is 11.3. The zero-order valence-electron chi connectivity index (χ0n) is 20.2. The van der Waals surface area contributed by atoms with Crippen molar-refractivity contribution < 1.29 is 55.0 Å². The van der Waals surface area contributed by atoms with E-state index in [-0.39, 0.29) is 24.8 Å². The van der Waals surface area contributed by atoms with E-state index in [1.165, 1.54) is 4.90 Å². The fraction of sp³-hybridized carbons (Fsp3) is 0.826. The average molecular weight is 555 g/mol. The Bertz CT molecular complexity index is 1040. The van der Waals surface area contributed by atoms with Gasteiger partial charge in [-0.2, -0.15) is 13.2 Å². The predicted octanol–water partition coefficient (Wildman–Crippen LogP) is 1.60. The molecule has 2 saturated carbocycles. The third kappa shape index (κ3) is 4.75. The van der Waals surface area contributed by atoms with Gasteiger partial charge in [-0.15, -0.1) is 13.2 Å². The number of nitrogens with one attached hydrogen (secondary N) is 2. The van der Waals surface area contributed by atoms with Gasteiger partial charge in [-0.25, -0.2) is 0 Å². The maximum atomic E-state index is 13.5. The van der Waals surface area contributed by atoms with Crippen LogP contribution in [0, 0.1) is 16.7 Å². The molecule has 2 aliphatic carbocycles. The van der Waals surface area contributed by atoms with Gasteiger partial charge in [0, 0.05) is 31.8 Å². The number of ketones is 1. The molecule has 6 fully saturated rings. The molecule has 2 N–H and O–H groups in total. The number of nitrogens with zero attached hydrogens (tertiary/aromatic N) is 1. The van der Waals surface area contributed by atoms with E-state index in [1.54, 1.807) is 0 Å². The molecule has 6 rings (SSSR count). The number of rotatable bonds is 8. The van der Waals surface area contributed by atoms with Crippen LogP contribution in [0.2, 0.25) is 0 Å². The van der Waals surface area contributed by atoms with Crippen LogP contribution in [-0.4, -0.2) is 84.9 Å². The zero-order chi connectivity index (χ0) is 27.7.